The predicted octanol–water partition coefficient (Wildman–Crippen LogP) is 1.44. The van der Waals surface area contributed by atoms with Crippen LogP contribution in [0.3, 0.4) is 0 Å². The number of fused-ring (bicyclic) bond motifs is 1. The van der Waals surface area contributed by atoms with Gasteiger partial charge in [-0.3, -0.25) is 0 Å². The number of nitrogens with one attached hydrogen (secondary N) is 1. The standard InChI is InChI=1S/C10H13N5S2/c1-2-6(1)8-12-13-10-15(8)14-9(17-10)7-5-16-4-3-11-7/h6-7,11H,1-5H2. The molecular weight excluding hydrogens is 254 g/mol. The number of aromatic nitrogens is 4. The third-order valence-corrected chi connectivity index (χ3v) is 5.27. The lowest BCUT2D eigenvalue weighted by atomic mass is 10.3. The topological polar surface area (TPSA) is 55.1 Å². The first kappa shape index (κ1) is 10.3. The van der Waals surface area contributed by atoms with Gasteiger partial charge in [-0.2, -0.15) is 21.4 Å². The van der Waals surface area contributed by atoms with Gasteiger partial charge in [-0.15, -0.1) is 10.2 Å². The highest BCUT2D eigenvalue weighted by atomic mass is 32.2. The summed E-state index contributed by atoms with van der Waals surface area (Å²) in [7, 11) is 0. The van der Waals surface area contributed by atoms with Crippen LogP contribution in [0.25, 0.3) is 4.96 Å². The van der Waals surface area contributed by atoms with Crippen LogP contribution in [-0.2, 0) is 0 Å². The maximum Gasteiger partial charge on any atom is 0.234 e. The van der Waals surface area contributed by atoms with Crippen LogP contribution in [-0.4, -0.2) is 37.9 Å². The Morgan fingerprint density at radius 1 is 1.29 bits per heavy atom. The van der Waals surface area contributed by atoms with E-state index in [2.05, 4.69) is 15.5 Å². The molecule has 0 aromatic carbocycles. The molecule has 1 atom stereocenters. The van der Waals surface area contributed by atoms with Crippen LogP contribution in [0.5, 0.6) is 0 Å². The number of nitrogens with zero attached hydrogens (tertiary/aromatic N) is 4. The molecular formula is C10H13N5S2. The molecule has 2 aliphatic rings. The van der Waals surface area contributed by atoms with Crippen molar-refractivity contribution < 1.29 is 0 Å². The number of rotatable bonds is 2. The lowest BCUT2D eigenvalue weighted by Crippen LogP contribution is -2.30. The first-order valence-electron chi connectivity index (χ1n) is 5.95. The maximum atomic E-state index is 4.69. The van der Waals surface area contributed by atoms with Crippen molar-refractivity contribution in [1.82, 2.24) is 25.1 Å². The van der Waals surface area contributed by atoms with Crippen molar-refractivity contribution in [2.45, 2.75) is 24.8 Å². The Morgan fingerprint density at radius 3 is 3.00 bits per heavy atom. The van der Waals surface area contributed by atoms with Gasteiger partial charge in [0, 0.05) is 24.0 Å². The van der Waals surface area contributed by atoms with Gasteiger partial charge in [0.25, 0.3) is 0 Å². The summed E-state index contributed by atoms with van der Waals surface area (Å²) in [5.41, 5.74) is 0. The molecule has 1 aliphatic carbocycles. The second-order valence-corrected chi connectivity index (χ2v) is 6.69. The molecule has 0 amide bonds. The summed E-state index contributed by atoms with van der Waals surface area (Å²) in [6, 6.07) is 0.396. The minimum absolute atomic E-state index is 0.396. The smallest absolute Gasteiger partial charge is 0.234 e. The Morgan fingerprint density at radius 2 is 2.24 bits per heavy atom. The van der Waals surface area contributed by atoms with Crippen LogP contribution in [0.15, 0.2) is 0 Å². The molecule has 0 spiro atoms. The SMILES string of the molecule is C1CSCC(c2nn3c(C4CC4)nnc3s2)N1. The van der Waals surface area contributed by atoms with Gasteiger partial charge in [0.15, 0.2) is 5.82 Å². The van der Waals surface area contributed by atoms with Crippen molar-refractivity contribution in [1.29, 1.82) is 0 Å². The van der Waals surface area contributed by atoms with E-state index in [1.807, 2.05) is 16.3 Å². The Balaban J connectivity index is 1.71. The molecule has 2 aromatic heterocycles. The van der Waals surface area contributed by atoms with E-state index >= 15 is 0 Å². The average molecular weight is 267 g/mol. The van der Waals surface area contributed by atoms with E-state index < -0.39 is 0 Å². The van der Waals surface area contributed by atoms with Crippen LogP contribution < -0.4 is 5.32 Å². The second-order valence-electron chi connectivity index (χ2n) is 4.55. The molecule has 0 bridgehead atoms. The van der Waals surface area contributed by atoms with E-state index in [-0.39, 0.29) is 0 Å². The largest absolute Gasteiger partial charge is 0.306 e. The zero-order valence-corrected chi connectivity index (χ0v) is 10.9. The maximum absolute atomic E-state index is 4.69. The molecule has 1 unspecified atom stereocenters. The first-order valence-corrected chi connectivity index (χ1v) is 7.92. The third kappa shape index (κ3) is 1.76. The molecule has 1 N–H and O–H groups in total. The van der Waals surface area contributed by atoms with E-state index in [0.717, 1.165) is 28.1 Å². The Kier molecular flexibility index (Phi) is 2.38. The van der Waals surface area contributed by atoms with E-state index in [1.54, 1.807) is 11.3 Å². The van der Waals surface area contributed by atoms with Gasteiger partial charge in [0.05, 0.1) is 6.04 Å². The lowest BCUT2D eigenvalue weighted by Gasteiger charge is -2.20. The quantitative estimate of drug-likeness (QED) is 0.892. The van der Waals surface area contributed by atoms with Crippen LogP contribution in [0.1, 0.15) is 35.6 Å². The first-order chi connectivity index (χ1) is 8.42. The summed E-state index contributed by atoms with van der Waals surface area (Å²) in [5, 5.41) is 17.8. The predicted molar refractivity (Wildman–Crippen MR) is 68.7 cm³/mol. The molecule has 2 fully saturated rings. The van der Waals surface area contributed by atoms with Gasteiger partial charge in [-0.1, -0.05) is 11.3 Å². The molecule has 1 saturated heterocycles. The van der Waals surface area contributed by atoms with Crippen molar-refractivity contribution >= 4 is 28.1 Å². The fourth-order valence-corrected chi connectivity index (χ4v) is 4.07. The van der Waals surface area contributed by atoms with Crippen molar-refractivity contribution in [2.75, 3.05) is 18.1 Å². The number of hydrogen-bond donors (Lipinski definition) is 1. The van der Waals surface area contributed by atoms with Gasteiger partial charge in [-0.25, -0.2) is 0 Å². The second kappa shape index (κ2) is 3.93. The van der Waals surface area contributed by atoms with E-state index in [0.29, 0.717) is 12.0 Å². The monoisotopic (exact) mass is 267 g/mol. The Hall–Kier alpha value is -0.660. The summed E-state index contributed by atoms with van der Waals surface area (Å²) >= 11 is 3.66. The molecule has 7 heteroatoms. The summed E-state index contributed by atoms with van der Waals surface area (Å²) < 4.78 is 1.96. The number of hydrogen-bond acceptors (Lipinski definition) is 6. The van der Waals surface area contributed by atoms with Crippen LogP contribution in [0.4, 0.5) is 0 Å². The molecule has 1 aliphatic heterocycles. The van der Waals surface area contributed by atoms with Gasteiger partial charge in [0.2, 0.25) is 4.96 Å². The van der Waals surface area contributed by atoms with E-state index in [9.17, 15) is 0 Å². The summed E-state index contributed by atoms with van der Waals surface area (Å²) in [5.74, 6) is 3.98. The van der Waals surface area contributed by atoms with Crippen LogP contribution >= 0.6 is 23.1 Å². The van der Waals surface area contributed by atoms with Crippen molar-refractivity contribution in [2.24, 2.45) is 0 Å². The van der Waals surface area contributed by atoms with Crippen molar-refractivity contribution in [3.63, 3.8) is 0 Å². The summed E-state index contributed by atoms with van der Waals surface area (Å²) in [6.45, 7) is 1.07. The molecule has 2 aromatic rings. The Bertz CT molecular complexity index is 538. The minimum Gasteiger partial charge on any atom is -0.306 e. The van der Waals surface area contributed by atoms with Gasteiger partial charge < -0.3 is 5.32 Å². The highest BCUT2D eigenvalue weighted by molar-refractivity contribution is 7.99. The molecule has 90 valence electrons. The van der Waals surface area contributed by atoms with Crippen LogP contribution in [0.2, 0.25) is 0 Å². The molecule has 0 radical (unpaired) electrons. The minimum atomic E-state index is 0.396. The highest BCUT2D eigenvalue weighted by Gasteiger charge is 2.30. The molecule has 1 saturated carbocycles. The van der Waals surface area contributed by atoms with Gasteiger partial charge in [0.1, 0.15) is 5.01 Å². The molecule has 4 rings (SSSR count). The van der Waals surface area contributed by atoms with E-state index in [4.69, 9.17) is 5.10 Å². The zero-order valence-electron chi connectivity index (χ0n) is 9.30. The van der Waals surface area contributed by atoms with Gasteiger partial charge in [-0.05, 0) is 12.8 Å². The normalized spacial score (nSPS) is 25.5. The fourth-order valence-electron chi connectivity index (χ4n) is 2.11. The summed E-state index contributed by atoms with van der Waals surface area (Å²) in [6.07, 6.45) is 2.48. The van der Waals surface area contributed by atoms with Gasteiger partial charge >= 0.3 is 0 Å². The average Bonchev–Trinajstić information content (AvgIpc) is 3.00. The van der Waals surface area contributed by atoms with E-state index in [1.165, 1.54) is 18.6 Å². The fraction of sp³-hybridized carbons (Fsp3) is 0.700. The lowest BCUT2D eigenvalue weighted by molar-refractivity contribution is 0.582. The number of thioether (sulfide) groups is 1. The Labute approximate surface area is 107 Å². The van der Waals surface area contributed by atoms with Crippen molar-refractivity contribution in [3.8, 4) is 0 Å². The zero-order chi connectivity index (χ0) is 11.2. The highest BCUT2D eigenvalue weighted by Crippen LogP contribution is 2.39. The molecule has 17 heavy (non-hydrogen) atoms. The summed E-state index contributed by atoms with van der Waals surface area (Å²) in [4.78, 5) is 0.944. The molecule has 5 nitrogen and oxygen atoms in total. The third-order valence-electron chi connectivity index (χ3n) is 3.19. The van der Waals surface area contributed by atoms with Crippen molar-refractivity contribution in [3.05, 3.63) is 10.8 Å². The van der Waals surface area contributed by atoms with Crippen LogP contribution in [0, 0.1) is 0 Å². The molecule has 3 heterocycles.